The summed E-state index contributed by atoms with van der Waals surface area (Å²) in [4.78, 5) is 28.0. The second-order valence-corrected chi connectivity index (χ2v) is 9.96. The van der Waals surface area contributed by atoms with E-state index in [4.69, 9.17) is 4.74 Å². The van der Waals surface area contributed by atoms with E-state index in [0.717, 1.165) is 5.52 Å². The van der Waals surface area contributed by atoms with Gasteiger partial charge in [0.15, 0.2) is 14.6 Å². The van der Waals surface area contributed by atoms with Crippen molar-refractivity contribution < 1.29 is 22.9 Å². The van der Waals surface area contributed by atoms with Crippen molar-refractivity contribution >= 4 is 43.0 Å². The second kappa shape index (κ2) is 9.50. The molecule has 0 spiro atoms. The molecule has 0 aliphatic carbocycles. The molecule has 3 aromatic rings. The van der Waals surface area contributed by atoms with Gasteiger partial charge in [-0.05, 0) is 23.8 Å². The first-order valence-electron chi connectivity index (χ1n) is 9.41. The molecule has 0 aliphatic heterocycles. The minimum Gasteiger partial charge on any atom is -0.383 e. The van der Waals surface area contributed by atoms with Crippen molar-refractivity contribution in [2.24, 2.45) is 4.99 Å². The van der Waals surface area contributed by atoms with Gasteiger partial charge in [0.2, 0.25) is 0 Å². The summed E-state index contributed by atoms with van der Waals surface area (Å²) in [5, 5.41) is 11.1. The summed E-state index contributed by atoms with van der Waals surface area (Å²) in [6, 6.07) is 10.7. The lowest BCUT2D eigenvalue weighted by Gasteiger charge is -2.04. The van der Waals surface area contributed by atoms with Gasteiger partial charge in [-0.1, -0.05) is 30.4 Å². The Balaban J connectivity index is 1.93. The van der Waals surface area contributed by atoms with Gasteiger partial charge in [0.25, 0.3) is 11.6 Å². The van der Waals surface area contributed by atoms with E-state index in [1.165, 1.54) is 35.6 Å². The van der Waals surface area contributed by atoms with Gasteiger partial charge in [-0.25, -0.2) is 8.42 Å². The number of aromatic nitrogens is 1. The van der Waals surface area contributed by atoms with Crippen molar-refractivity contribution in [3.63, 3.8) is 0 Å². The van der Waals surface area contributed by atoms with Gasteiger partial charge in [-0.2, -0.15) is 4.99 Å². The normalized spacial score (nSPS) is 12.4. The van der Waals surface area contributed by atoms with Crippen molar-refractivity contribution in [2.75, 3.05) is 19.5 Å². The number of fused-ring (bicyclic) bond motifs is 1. The molecule has 164 valence electrons. The summed E-state index contributed by atoms with van der Waals surface area (Å²) < 4.78 is 31.4. The van der Waals surface area contributed by atoms with E-state index >= 15 is 0 Å². The number of hydrogen-bond acceptors (Lipinski definition) is 7. The minimum atomic E-state index is -3.30. The highest BCUT2D eigenvalue weighted by Crippen LogP contribution is 2.23. The molecule has 0 radical (unpaired) electrons. The van der Waals surface area contributed by atoms with Crippen LogP contribution < -0.4 is 4.80 Å². The Hall–Kier alpha value is -2.89. The van der Waals surface area contributed by atoms with E-state index in [9.17, 15) is 23.3 Å². The first kappa shape index (κ1) is 22.8. The Labute approximate surface area is 182 Å². The molecule has 0 saturated heterocycles. The van der Waals surface area contributed by atoms with Gasteiger partial charge in [0.05, 0.1) is 38.8 Å². The van der Waals surface area contributed by atoms with E-state index < -0.39 is 20.7 Å². The standard InChI is InChI=1S/C20H21N3O6S2/c1-3-31(27,28)16-7-4-14(5-8-16)12-19(24)21-20-22(10-11-29-2)17-9-6-15(23(25)26)13-18(17)30-20/h4-9,13H,3,10-12H2,1-2H3. The summed E-state index contributed by atoms with van der Waals surface area (Å²) >= 11 is 1.19. The molecular weight excluding hydrogens is 442 g/mol. The maximum Gasteiger partial charge on any atom is 0.270 e. The van der Waals surface area contributed by atoms with Crippen LogP contribution in [0, 0.1) is 10.1 Å². The number of nitrogens with zero attached hydrogens (tertiary/aromatic N) is 3. The van der Waals surface area contributed by atoms with Gasteiger partial charge in [0.1, 0.15) is 0 Å². The highest BCUT2D eigenvalue weighted by Gasteiger charge is 2.14. The quantitative estimate of drug-likeness (QED) is 0.374. The third-order valence-corrected chi connectivity index (χ3v) is 7.43. The zero-order valence-electron chi connectivity index (χ0n) is 17.0. The van der Waals surface area contributed by atoms with Crippen LogP contribution in [0.25, 0.3) is 10.2 Å². The number of hydrogen-bond donors (Lipinski definition) is 0. The number of benzene rings is 2. The molecule has 1 heterocycles. The van der Waals surface area contributed by atoms with E-state index in [1.54, 1.807) is 36.8 Å². The van der Waals surface area contributed by atoms with Gasteiger partial charge in [0, 0.05) is 25.8 Å². The summed E-state index contributed by atoms with van der Waals surface area (Å²) in [7, 11) is -1.74. The third-order valence-electron chi connectivity index (χ3n) is 4.63. The molecule has 3 rings (SSSR count). The molecule has 0 aliphatic rings. The molecule has 2 aromatic carbocycles. The van der Waals surface area contributed by atoms with Crippen LogP contribution in [0.3, 0.4) is 0 Å². The number of sulfone groups is 1. The lowest BCUT2D eigenvalue weighted by Crippen LogP contribution is -2.19. The fraction of sp³-hybridized carbons (Fsp3) is 0.300. The molecule has 11 heteroatoms. The molecule has 0 saturated carbocycles. The Morgan fingerprint density at radius 1 is 1.23 bits per heavy atom. The second-order valence-electron chi connectivity index (χ2n) is 6.67. The molecule has 1 amide bonds. The minimum absolute atomic E-state index is 0.00508. The number of nitro groups is 1. The maximum atomic E-state index is 12.6. The fourth-order valence-corrected chi connectivity index (χ4v) is 4.95. The molecule has 0 bridgehead atoms. The first-order chi connectivity index (χ1) is 14.7. The van der Waals surface area contributed by atoms with Crippen LogP contribution in [0.4, 0.5) is 5.69 Å². The highest BCUT2D eigenvalue weighted by atomic mass is 32.2. The Morgan fingerprint density at radius 2 is 1.94 bits per heavy atom. The number of amides is 1. The van der Waals surface area contributed by atoms with E-state index in [-0.39, 0.29) is 22.8 Å². The number of ether oxygens (including phenoxy) is 1. The van der Waals surface area contributed by atoms with Gasteiger partial charge in [-0.3, -0.25) is 14.9 Å². The van der Waals surface area contributed by atoms with Crippen molar-refractivity contribution in [1.29, 1.82) is 0 Å². The zero-order valence-corrected chi connectivity index (χ0v) is 18.6. The van der Waals surface area contributed by atoms with Gasteiger partial charge in [-0.15, -0.1) is 0 Å². The molecule has 0 unspecified atom stereocenters. The van der Waals surface area contributed by atoms with Crippen LogP contribution in [-0.4, -0.2) is 43.3 Å². The molecule has 0 fully saturated rings. The number of carbonyl (C=O) groups is 1. The van der Waals surface area contributed by atoms with Crippen LogP contribution >= 0.6 is 11.3 Å². The molecule has 31 heavy (non-hydrogen) atoms. The Bertz CT molecular complexity index is 1290. The average Bonchev–Trinajstić information content (AvgIpc) is 3.08. The SMILES string of the molecule is CCS(=O)(=O)c1ccc(CC(=O)N=c2sc3cc([N+](=O)[O-])ccc3n2CCOC)cc1. The number of rotatable bonds is 8. The molecule has 0 N–H and O–H groups in total. The fourth-order valence-electron chi connectivity index (χ4n) is 2.96. The van der Waals surface area contributed by atoms with Crippen molar-refractivity contribution in [2.45, 2.75) is 24.8 Å². The maximum absolute atomic E-state index is 12.6. The highest BCUT2D eigenvalue weighted by molar-refractivity contribution is 7.91. The largest absolute Gasteiger partial charge is 0.383 e. The Morgan fingerprint density at radius 3 is 2.55 bits per heavy atom. The molecule has 9 nitrogen and oxygen atoms in total. The summed E-state index contributed by atoms with van der Waals surface area (Å²) in [5.41, 5.74) is 1.34. The molecular formula is C20H21N3O6S2. The molecule has 1 aromatic heterocycles. The van der Waals surface area contributed by atoms with Crippen LogP contribution in [0.2, 0.25) is 0 Å². The smallest absolute Gasteiger partial charge is 0.270 e. The summed E-state index contributed by atoms with van der Waals surface area (Å²) in [5.74, 6) is -0.398. The van der Waals surface area contributed by atoms with Crippen molar-refractivity contribution in [3.8, 4) is 0 Å². The van der Waals surface area contributed by atoms with E-state index in [1.807, 2.05) is 0 Å². The third kappa shape index (κ3) is 5.24. The number of carbonyl (C=O) groups excluding carboxylic acids is 1. The average molecular weight is 464 g/mol. The Kier molecular flexibility index (Phi) is 6.98. The monoisotopic (exact) mass is 463 g/mol. The van der Waals surface area contributed by atoms with Crippen LogP contribution in [-0.2, 0) is 32.3 Å². The summed E-state index contributed by atoms with van der Waals surface area (Å²) in [6.45, 7) is 2.39. The number of non-ortho nitro benzene ring substituents is 1. The topological polar surface area (TPSA) is 121 Å². The van der Waals surface area contributed by atoms with Crippen molar-refractivity contribution in [1.82, 2.24) is 4.57 Å². The lowest BCUT2D eigenvalue weighted by molar-refractivity contribution is -0.384. The number of methoxy groups -OCH3 is 1. The van der Waals surface area contributed by atoms with E-state index in [0.29, 0.717) is 28.2 Å². The van der Waals surface area contributed by atoms with Crippen LogP contribution in [0.15, 0.2) is 52.4 Å². The predicted molar refractivity (Wildman–Crippen MR) is 117 cm³/mol. The van der Waals surface area contributed by atoms with Crippen molar-refractivity contribution in [3.05, 3.63) is 62.9 Å². The first-order valence-corrected chi connectivity index (χ1v) is 11.9. The molecule has 0 atom stereocenters. The van der Waals surface area contributed by atoms with Crippen LogP contribution in [0.5, 0.6) is 0 Å². The van der Waals surface area contributed by atoms with Crippen LogP contribution in [0.1, 0.15) is 12.5 Å². The number of nitro benzene ring substituents is 1. The van der Waals surface area contributed by atoms with Gasteiger partial charge >= 0.3 is 0 Å². The number of thiazole rings is 1. The summed E-state index contributed by atoms with van der Waals surface area (Å²) in [6.07, 6.45) is 0.00508. The van der Waals surface area contributed by atoms with Gasteiger partial charge < -0.3 is 9.30 Å². The zero-order chi connectivity index (χ0) is 22.6. The van der Waals surface area contributed by atoms with E-state index in [2.05, 4.69) is 4.99 Å². The predicted octanol–water partition coefficient (Wildman–Crippen LogP) is 2.72. The lowest BCUT2D eigenvalue weighted by atomic mass is 10.1.